The molecule has 1 fully saturated rings. The lowest BCUT2D eigenvalue weighted by atomic mass is 9.67. The molecule has 10 nitrogen and oxygen atoms in total. The SMILES string of the molecule is [B]C1C(OC)=NO[C@@]12CC[C@H](C)N1C[C@H]2n2cc(C(=O)NCc3c(F)cc(F)cc3F)c(=O)c(OCc3ccccc3)c2C1=O. The van der Waals surface area contributed by atoms with E-state index in [1.165, 1.54) is 17.9 Å². The number of halogens is 3. The normalized spacial score (nSPS) is 23.6. The van der Waals surface area contributed by atoms with Crippen molar-refractivity contribution >= 4 is 25.6 Å². The second-order valence-electron chi connectivity index (χ2n) is 11.3. The Labute approximate surface area is 257 Å². The van der Waals surface area contributed by atoms with Crippen molar-refractivity contribution < 1.29 is 37.1 Å². The van der Waals surface area contributed by atoms with Crippen molar-refractivity contribution in [3.8, 4) is 5.75 Å². The first-order valence-electron chi connectivity index (χ1n) is 14.3. The number of hydrogen-bond donors (Lipinski definition) is 1. The van der Waals surface area contributed by atoms with E-state index >= 15 is 0 Å². The van der Waals surface area contributed by atoms with Crippen LogP contribution in [0, 0.1) is 17.5 Å². The fourth-order valence-corrected chi connectivity index (χ4v) is 6.20. The molecule has 2 bridgehead atoms. The highest BCUT2D eigenvalue weighted by atomic mass is 19.1. The van der Waals surface area contributed by atoms with E-state index in [1.54, 1.807) is 29.2 Å². The number of rotatable bonds is 6. The number of nitrogens with one attached hydrogen (secondary N) is 1. The maximum absolute atomic E-state index is 14.3. The van der Waals surface area contributed by atoms with Gasteiger partial charge in [0, 0.05) is 48.8 Å². The van der Waals surface area contributed by atoms with Gasteiger partial charge in [0.2, 0.25) is 11.3 Å². The number of aromatic nitrogens is 1. The van der Waals surface area contributed by atoms with Crippen molar-refractivity contribution in [3.63, 3.8) is 0 Å². The Hall–Kier alpha value is -4.75. The molecule has 0 aliphatic carbocycles. The van der Waals surface area contributed by atoms with Crippen LogP contribution in [0.3, 0.4) is 0 Å². The van der Waals surface area contributed by atoms with Crippen molar-refractivity contribution in [1.29, 1.82) is 0 Å². The number of benzene rings is 2. The molecule has 4 atom stereocenters. The third kappa shape index (κ3) is 5.11. The van der Waals surface area contributed by atoms with Gasteiger partial charge >= 0.3 is 0 Å². The predicted octanol–water partition coefficient (Wildman–Crippen LogP) is 3.64. The molecule has 0 saturated carbocycles. The molecule has 4 heterocycles. The molecule has 1 N–H and O–H groups in total. The Morgan fingerprint density at radius 3 is 2.56 bits per heavy atom. The van der Waals surface area contributed by atoms with E-state index in [2.05, 4.69) is 10.5 Å². The fraction of sp³-hybridized carbons (Fsp3) is 0.355. The van der Waals surface area contributed by atoms with E-state index in [1.807, 2.05) is 13.0 Å². The lowest BCUT2D eigenvalue weighted by Gasteiger charge is -2.43. The van der Waals surface area contributed by atoms with E-state index in [0.717, 1.165) is 0 Å². The summed E-state index contributed by atoms with van der Waals surface area (Å²) < 4.78 is 54.9. The van der Waals surface area contributed by atoms with Gasteiger partial charge in [0.1, 0.15) is 29.6 Å². The van der Waals surface area contributed by atoms with Gasteiger partial charge in [-0.25, -0.2) is 13.2 Å². The van der Waals surface area contributed by atoms with Crippen LogP contribution in [-0.4, -0.2) is 60.3 Å². The Bertz CT molecular complexity index is 1750. The zero-order valence-corrected chi connectivity index (χ0v) is 24.4. The molecule has 1 saturated heterocycles. The second kappa shape index (κ2) is 11.6. The maximum Gasteiger partial charge on any atom is 0.274 e. The van der Waals surface area contributed by atoms with Gasteiger partial charge in [-0.2, -0.15) is 0 Å². The lowest BCUT2D eigenvalue weighted by molar-refractivity contribution is -0.0649. The molecule has 2 aromatic carbocycles. The zero-order valence-electron chi connectivity index (χ0n) is 24.4. The van der Waals surface area contributed by atoms with Crippen molar-refractivity contribution in [2.45, 2.75) is 56.4 Å². The number of amides is 2. The fourth-order valence-electron chi connectivity index (χ4n) is 6.20. The summed E-state index contributed by atoms with van der Waals surface area (Å²) in [4.78, 5) is 49.1. The Kier molecular flexibility index (Phi) is 7.83. The highest BCUT2D eigenvalue weighted by Gasteiger charge is 2.58. The van der Waals surface area contributed by atoms with E-state index in [-0.39, 0.29) is 36.5 Å². The third-order valence-corrected chi connectivity index (χ3v) is 8.72. The number of methoxy groups -OCH3 is 1. The second-order valence-corrected chi connectivity index (χ2v) is 11.3. The molecule has 14 heteroatoms. The molecular weight excluding hydrogens is 592 g/mol. The van der Waals surface area contributed by atoms with E-state index in [9.17, 15) is 27.6 Å². The van der Waals surface area contributed by atoms with Crippen LogP contribution in [0.15, 0.2) is 58.6 Å². The summed E-state index contributed by atoms with van der Waals surface area (Å²) in [6.07, 6.45) is 2.05. The molecule has 1 unspecified atom stereocenters. The average molecular weight is 620 g/mol. The van der Waals surface area contributed by atoms with Crippen LogP contribution in [0.5, 0.6) is 5.75 Å². The van der Waals surface area contributed by atoms with Crippen molar-refractivity contribution in [2.75, 3.05) is 13.7 Å². The first-order chi connectivity index (χ1) is 21.6. The summed E-state index contributed by atoms with van der Waals surface area (Å²) in [5, 5.41) is 6.39. The number of carbonyl (C=O) groups excluding carboxylic acids is 2. The minimum absolute atomic E-state index is 0.103. The topological polar surface area (TPSA) is 111 Å². The smallest absolute Gasteiger partial charge is 0.274 e. The molecule has 3 aliphatic heterocycles. The summed E-state index contributed by atoms with van der Waals surface area (Å²) >= 11 is 0. The van der Waals surface area contributed by atoms with Crippen LogP contribution >= 0.6 is 0 Å². The van der Waals surface area contributed by atoms with Gasteiger partial charge in [-0.05, 0) is 25.3 Å². The van der Waals surface area contributed by atoms with Gasteiger partial charge in [0.05, 0.1) is 21.0 Å². The quantitative estimate of drug-likeness (QED) is 0.422. The zero-order chi connectivity index (χ0) is 32.0. The van der Waals surface area contributed by atoms with Crippen molar-refractivity contribution in [2.24, 2.45) is 5.16 Å². The Morgan fingerprint density at radius 2 is 1.89 bits per heavy atom. The predicted molar refractivity (Wildman–Crippen MR) is 155 cm³/mol. The van der Waals surface area contributed by atoms with Crippen LogP contribution in [0.4, 0.5) is 13.2 Å². The number of oxime groups is 1. The summed E-state index contributed by atoms with van der Waals surface area (Å²) in [7, 11) is 8.03. The van der Waals surface area contributed by atoms with Gasteiger partial charge in [0.15, 0.2) is 17.0 Å². The lowest BCUT2D eigenvalue weighted by Crippen LogP contribution is -2.54. The molecule has 2 amide bonds. The monoisotopic (exact) mass is 620 g/mol. The first kappa shape index (κ1) is 30.3. The Morgan fingerprint density at radius 1 is 1.18 bits per heavy atom. The molecular formula is C31H28BF3N4O6. The summed E-state index contributed by atoms with van der Waals surface area (Å²) in [6.45, 7) is 1.20. The molecule has 1 spiro atoms. The number of pyridine rings is 1. The van der Waals surface area contributed by atoms with Gasteiger partial charge < -0.3 is 29.1 Å². The summed E-state index contributed by atoms with van der Waals surface area (Å²) in [6, 6.07) is 8.85. The van der Waals surface area contributed by atoms with Crippen LogP contribution in [-0.2, 0) is 22.7 Å². The number of ether oxygens (including phenoxy) is 2. The molecule has 232 valence electrons. The molecule has 45 heavy (non-hydrogen) atoms. The van der Waals surface area contributed by atoms with Crippen LogP contribution in [0.2, 0.25) is 5.82 Å². The number of carbonyl (C=O) groups is 2. The molecule has 3 aliphatic rings. The van der Waals surface area contributed by atoms with Gasteiger partial charge in [-0.3, -0.25) is 14.4 Å². The molecule has 1 aromatic heterocycles. The van der Waals surface area contributed by atoms with Gasteiger partial charge in [-0.15, -0.1) is 0 Å². The van der Waals surface area contributed by atoms with Gasteiger partial charge in [-0.1, -0.05) is 35.5 Å². The standard InChI is InChI=1S/C31H28BF3N4O6/c1-16-8-9-31(27(32)29(43-2)37-45-31)23-14-38(16)30(42)24-26(44-15-17-6-4-3-5-7-17)25(40)20(13-39(23)24)28(41)36-12-19-21(34)10-18(33)11-22(19)35/h3-7,10-11,13,16,23,27H,8-9,12,14-15H2,1-2H3,(H,36,41)/t16-,23+,27?,31+/m0/s1. The van der Waals surface area contributed by atoms with E-state index in [4.69, 9.17) is 22.2 Å². The highest BCUT2D eigenvalue weighted by molar-refractivity contribution is 6.25. The Balaban J connectivity index is 1.47. The molecule has 2 radical (unpaired) electrons. The largest absolute Gasteiger partial charge is 0.483 e. The van der Waals surface area contributed by atoms with Crippen molar-refractivity contribution in [3.05, 3.63) is 98.7 Å². The number of fused-ring (bicyclic) bond motifs is 5. The summed E-state index contributed by atoms with van der Waals surface area (Å²) in [5.41, 5.74) is -2.59. The van der Waals surface area contributed by atoms with E-state index in [0.29, 0.717) is 30.5 Å². The van der Waals surface area contributed by atoms with Crippen molar-refractivity contribution in [1.82, 2.24) is 14.8 Å². The molecule has 3 aromatic rings. The molecule has 6 rings (SSSR count). The van der Waals surface area contributed by atoms with Gasteiger partial charge in [0.25, 0.3) is 11.8 Å². The van der Waals surface area contributed by atoms with Crippen LogP contribution in [0.25, 0.3) is 0 Å². The number of nitrogens with zero attached hydrogens (tertiary/aromatic N) is 3. The first-order valence-corrected chi connectivity index (χ1v) is 14.3. The average Bonchev–Trinajstić information content (AvgIpc) is 3.27. The minimum atomic E-state index is -1.22. The maximum atomic E-state index is 14.3. The van der Waals surface area contributed by atoms with Crippen LogP contribution in [0.1, 0.15) is 57.8 Å². The number of hydrogen-bond acceptors (Lipinski definition) is 7. The van der Waals surface area contributed by atoms with E-state index < -0.39 is 69.8 Å². The summed E-state index contributed by atoms with van der Waals surface area (Å²) in [5.74, 6) is -6.10. The van der Waals surface area contributed by atoms with Crippen LogP contribution < -0.4 is 15.5 Å². The highest BCUT2D eigenvalue weighted by Crippen LogP contribution is 2.50. The minimum Gasteiger partial charge on any atom is -0.483 e. The third-order valence-electron chi connectivity index (χ3n) is 8.72.